The Labute approximate surface area is 130 Å². The molecule has 5 nitrogen and oxygen atoms in total. The lowest BCUT2D eigenvalue weighted by Gasteiger charge is -2.10. The van der Waals surface area contributed by atoms with Crippen LogP contribution >= 0.6 is 23.1 Å². The standard InChI is InChI=1S/C14H15N5S2/c1-2-6-10(5-1)19-14(16-17-18-19)20-9-13-15-11-7-3-4-8-12(11)21-13/h3-4,7-8,10H,1-2,5-6,9H2. The Bertz CT molecular complexity index is 712. The number of tetrazole rings is 1. The SMILES string of the molecule is c1ccc2sc(CSc3nnnn3C3CCCC3)nc2c1. The van der Waals surface area contributed by atoms with Crippen molar-refractivity contribution in [2.24, 2.45) is 0 Å². The van der Waals surface area contributed by atoms with Gasteiger partial charge in [0.05, 0.1) is 22.0 Å². The third-order valence-corrected chi connectivity index (χ3v) is 5.96. The van der Waals surface area contributed by atoms with Gasteiger partial charge in [0.1, 0.15) is 5.01 Å². The lowest BCUT2D eigenvalue weighted by molar-refractivity contribution is 0.423. The molecular weight excluding hydrogens is 302 g/mol. The normalized spacial score (nSPS) is 16.0. The molecule has 3 aromatic rings. The molecule has 21 heavy (non-hydrogen) atoms. The number of nitrogens with zero attached hydrogens (tertiary/aromatic N) is 5. The molecule has 108 valence electrons. The summed E-state index contributed by atoms with van der Waals surface area (Å²) in [6.07, 6.45) is 4.96. The molecule has 1 fully saturated rings. The molecule has 0 aliphatic heterocycles. The lowest BCUT2D eigenvalue weighted by atomic mass is 10.3. The number of thiazole rings is 1. The van der Waals surface area contributed by atoms with Gasteiger partial charge >= 0.3 is 0 Å². The maximum Gasteiger partial charge on any atom is 0.209 e. The Morgan fingerprint density at radius 3 is 2.95 bits per heavy atom. The van der Waals surface area contributed by atoms with Gasteiger partial charge < -0.3 is 0 Å². The van der Waals surface area contributed by atoms with Crippen molar-refractivity contribution >= 4 is 33.3 Å². The lowest BCUT2D eigenvalue weighted by Crippen LogP contribution is -2.08. The van der Waals surface area contributed by atoms with Crippen LogP contribution in [0.2, 0.25) is 0 Å². The third kappa shape index (κ3) is 2.67. The summed E-state index contributed by atoms with van der Waals surface area (Å²) in [5.41, 5.74) is 1.08. The smallest absolute Gasteiger partial charge is 0.209 e. The van der Waals surface area contributed by atoms with E-state index < -0.39 is 0 Å². The molecule has 0 atom stereocenters. The summed E-state index contributed by atoms with van der Waals surface area (Å²) in [5.74, 6) is 0.826. The van der Waals surface area contributed by atoms with Crippen LogP contribution in [0.4, 0.5) is 0 Å². The molecule has 2 heterocycles. The first-order valence-corrected chi connectivity index (χ1v) is 8.95. The quantitative estimate of drug-likeness (QED) is 0.687. The number of hydrogen-bond donors (Lipinski definition) is 0. The monoisotopic (exact) mass is 317 g/mol. The van der Waals surface area contributed by atoms with Gasteiger partial charge in [-0.25, -0.2) is 9.67 Å². The van der Waals surface area contributed by atoms with E-state index in [1.165, 1.54) is 30.4 Å². The number of fused-ring (bicyclic) bond motifs is 1. The molecule has 0 amide bonds. The highest BCUT2D eigenvalue weighted by Crippen LogP contribution is 2.33. The van der Waals surface area contributed by atoms with E-state index in [1.54, 1.807) is 23.1 Å². The topological polar surface area (TPSA) is 56.5 Å². The molecule has 1 saturated carbocycles. The van der Waals surface area contributed by atoms with Crippen LogP contribution in [-0.4, -0.2) is 25.2 Å². The summed E-state index contributed by atoms with van der Waals surface area (Å²) in [7, 11) is 0. The first-order valence-electron chi connectivity index (χ1n) is 7.15. The predicted molar refractivity (Wildman–Crippen MR) is 84.5 cm³/mol. The van der Waals surface area contributed by atoms with Gasteiger partial charge in [0.15, 0.2) is 0 Å². The summed E-state index contributed by atoms with van der Waals surface area (Å²) >= 11 is 3.43. The highest BCUT2D eigenvalue weighted by Gasteiger charge is 2.21. The van der Waals surface area contributed by atoms with Crippen molar-refractivity contribution in [3.8, 4) is 0 Å². The molecule has 0 saturated heterocycles. The Morgan fingerprint density at radius 2 is 2.10 bits per heavy atom. The molecule has 1 aliphatic rings. The van der Waals surface area contributed by atoms with E-state index in [0.717, 1.165) is 21.4 Å². The van der Waals surface area contributed by atoms with E-state index in [1.807, 2.05) is 10.7 Å². The van der Waals surface area contributed by atoms with Crippen molar-refractivity contribution in [3.05, 3.63) is 29.3 Å². The zero-order chi connectivity index (χ0) is 14.1. The fraction of sp³-hybridized carbons (Fsp3) is 0.429. The number of aromatic nitrogens is 5. The molecule has 1 aromatic carbocycles. The van der Waals surface area contributed by atoms with Crippen molar-refractivity contribution in [1.29, 1.82) is 0 Å². The van der Waals surface area contributed by atoms with Crippen molar-refractivity contribution in [2.75, 3.05) is 0 Å². The number of hydrogen-bond acceptors (Lipinski definition) is 6. The minimum Gasteiger partial charge on any atom is -0.240 e. The zero-order valence-electron chi connectivity index (χ0n) is 11.5. The van der Waals surface area contributed by atoms with Crippen LogP contribution in [0.5, 0.6) is 0 Å². The fourth-order valence-electron chi connectivity index (χ4n) is 2.77. The Hall–Kier alpha value is -1.47. The number of thioether (sulfide) groups is 1. The summed E-state index contributed by atoms with van der Waals surface area (Å²) in [5, 5.41) is 14.2. The van der Waals surface area contributed by atoms with Crippen LogP contribution in [0.25, 0.3) is 10.2 Å². The van der Waals surface area contributed by atoms with Crippen LogP contribution in [0.3, 0.4) is 0 Å². The van der Waals surface area contributed by atoms with Gasteiger partial charge in [0, 0.05) is 0 Å². The van der Waals surface area contributed by atoms with Crippen molar-refractivity contribution in [2.45, 2.75) is 42.6 Å². The van der Waals surface area contributed by atoms with E-state index in [4.69, 9.17) is 0 Å². The van der Waals surface area contributed by atoms with Crippen LogP contribution in [0.15, 0.2) is 29.4 Å². The molecule has 2 aromatic heterocycles. The summed E-state index contributed by atoms with van der Waals surface area (Å²) in [6, 6.07) is 8.74. The molecule has 4 rings (SSSR count). The average Bonchev–Trinajstić information content (AvgIpc) is 3.23. The molecule has 0 spiro atoms. The van der Waals surface area contributed by atoms with Gasteiger partial charge in [-0.1, -0.05) is 36.7 Å². The summed E-state index contributed by atoms with van der Waals surface area (Å²) < 4.78 is 3.24. The highest BCUT2D eigenvalue weighted by atomic mass is 32.2. The van der Waals surface area contributed by atoms with Crippen LogP contribution in [0.1, 0.15) is 36.7 Å². The second-order valence-corrected chi connectivity index (χ2v) is 7.27. The van der Waals surface area contributed by atoms with Gasteiger partial charge in [-0.15, -0.1) is 16.4 Å². The minimum absolute atomic E-state index is 0.484. The van der Waals surface area contributed by atoms with Gasteiger partial charge in [-0.3, -0.25) is 0 Å². The minimum atomic E-state index is 0.484. The van der Waals surface area contributed by atoms with Gasteiger partial charge in [0.25, 0.3) is 0 Å². The largest absolute Gasteiger partial charge is 0.240 e. The summed E-state index contributed by atoms with van der Waals surface area (Å²) in [6.45, 7) is 0. The van der Waals surface area contributed by atoms with E-state index in [0.29, 0.717) is 6.04 Å². The fourth-order valence-corrected chi connectivity index (χ4v) is 4.67. The van der Waals surface area contributed by atoms with Crippen molar-refractivity contribution in [1.82, 2.24) is 25.2 Å². The average molecular weight is 317 g/mol. The maximum atomic E-state index is 4.66. The summed E-state index contributed by atoms with van der Waals surface area (Å²) in [4.78, 5) is 4.66. The predicted octanol–water partition coefficient (Wildman–Crippen LogP) is 3.69. The number of para-hydroxylation sites is 1. The second-order valence-electron chi connectivity index (χ2n) is 5.21. The van der Waals surface area contributed by atoms with Crippen LogP contribution in [-0.2, 0) is 5.75 Å². The highest BCUT2D eigenvalue weighted by molar-refractivity contribution is 7.98. The van der Waals surface area contributed by atoms with Gasteiger partial charge in [-0.05, 0) is 35.4 Å². The molecule has 0 bridgehead atoms. The zero-order valence-corrected chi connectivity index (χ0v) is 13.1. The molecule has 1 aliphatic carbocycles. The Morgan fingerprint density at radius 1 is 1.24 bits per heavy atom. The van der Waals surface area contributed by atoms with E-state index in [2.05, 4.69) is 38.7 Å². The first-order chi connectivity index (χ1) is 10.4. The van der Waals surface area contributed by atoms with E-state index in [-0.39, 0.29) is 0 Å². The van der Waals surface area contributed by atoms with Crippen LogP contribution in [0, 0.1) is 0 Å². The van der Waals surface area contributed by atoms with Crippen LogP contribution < -0.4 is 0 Å². The molecule has 0 N–H and O–H groups in total. The Kier molecular flexibility index (Phi) is 3.60. The van der Waals surface area contributed by atoms with Gasteiger partial charge in [0.2, 0.25) is 5.16 Å². The molecular formula is C14H15N5S2. The molecule has 0 unspecified atom stereocenters. The van der Waals surface area contributed by atoms with Crippen molar-refractivity contribution < 1.29 is 0 Å². The van der Waals surface area contributed by atoms with E-state index in [9.17, 15) is 0 Å². The van der Waals surface area contributed by atoms with E-state index >= 15 is 0 Å². The maximum absolute atomic E-state index is 4.66. The number of benzene rings is 1. The molecule has 7 heteroatoms. The van der Waals surface area contributed by atoms with Crippen molar-refractivity contribution in [3.63, 3.8) is 0 Å². The second kappa shape index (κ2) is 5.73. The number of rotatable bonds is 4. The first kappa shape index (κ1) is 13.2. The van der Waals surface area contributed by atoms with Gasteiger partial charge in [-0.2, -0.15) is 0 Å². The third-order valence-electron chi connectivity index (χ3n) is 3.80. The molecule has 0 radical (unpaired) electrons. The Balaban J connectivity index is 1.50.